The van der Waals surface area contributed by atoms with Gasteiger partial charge in [-0.05, 0) is 24.6 Å². The molecule has 1 amide bonds. The first-order chi connectivity index (χ1) is 8.08. The fourth-order valence-corrected chi connectivity index (χ4v) is 2.06. The number of anilines is 1. The molecule has 0 saturated carbocycles. The van der Waals surface area contributed by atoms with Gasteiger partial charge in [0.2, 0.25) is 0 Å². The Bertz CT molecular complexity index is 375. The van der Waals surface area contributed by atoms with Crippen LogP contribution in [0.5, 0.6) is 0 Å². The summed E-state index contributed by atoms with van der Waals surface area (Å²) in [4.78, 5) is 14.0. The number of hydrogen-bond donors (Lipinski definition) is 1. The van der Waals surface area contributed by atoms with Crippen LogP contribution in [-0.4, -0.2) is 31.4 Å². The summed E-state index contributed by atoms with van der Waals surface area (Å²) in [5.74, 6) is -0.0139. The van der Waals surface area contributed by atoms with Gasteiger partial charge in [0.15, 0.2) is 0 Å². The van der Waals surface area contributed by atoms with Gasteiger partial charge in [-0.1, -0.05) is 28.9 Å². The lowest BCUT2D eigenvalue weighted by Gasteiger charge is -2.16. The molecular weight excluding hydrogens is 280 g/mol. The number of hydrogen-bond acceptors (Lipinski definition) is 2. The smallest absolute Gasteiger partial charge is 0.251 e. The van der Waals surface area contributed by atoms with Crippen LogP contribution in [0.3, 0.4) is 0 Å². The van der Waals surface area contributed by atoms with Crippen molar-refractivity contribution in [3.05, 3.63) is 29.8 Å². The Morgan fingerprint density at radius 3 is 2.71 bits per heavy atom. The number of alkyl halides is 1. The zero-order chi connectivity index (χ0) is 12.8. The lowest BCUT2D eigenvalue weighted by Crippen LogP contribution is -2.35. The molecule has 1 rings (SSSR count). The number of carbonyl (C=O) groups is 1. The van der Waals surface area contributed by atoms with Gasteiger partial charge in [-0.15, -0.1) is 0 Å². The monoisotopic (exact) mass is 298 g/mol. The zero-order valence-electron chi connectivity index (χ0n) is 10.5. The molecule has 1 N–H and O–H groups in total. The molecule has 0 aliphatic rings. The van der Waals surface area contributed by atoms with Crippen LogP contribution < -0.4 is 10.2 Å². The van der Waals surface area contributed by atoms with E-state index in [-0.39, 0.29) is 11.9 Å². The number of rotatable bonds is 5. The highest BCUT2D eigenvalue weighted by Gasteiger charge is 2.11. The SMILES string of the molecule is CCC(CBr)NC(=O)c1cccc(N(C)C)c1. The minimum atomic E-state index is -0.0139. The fraction of sp³-hybridized carbons (Fsp3) is 0.462. The first-order valence-electron chi connectivity index (χ1n) is 5.72. The predicted molar refractivity (Wildman–Crippen MR) is 76.1 cm³/mol. The molecule has 0 aromatic heterocycles. The highest BCUT2D eigenvalue weighted by atomic mass is 79.9. The Balaban J connectivity index is 2.78. The van der Waals surface area contributed by atoms with Gasteiger partial charge in [-0.2, -0.15) is 0 Å². The molecule has 1 unspecified atom stereocenters. The van der Waals surface area contributed by atoms with E-state index < -0.39 is 0 Å². The third-order valence-electron chi connectivity index (χ3n) is 2.64. The molecule has 0 aliphatic carbocycles. The number of benzene rings is 1. The molecule has 0 radical (unpaired) electrons. The van der Waals surface area contributed by atoms with Crippen molar-refractivity contribution >= 4 is 27.5 Å². The molecule has 94 valence electrons. The molecule has 4 heteroatoms. The summed E-state index contributed by atoms with van der Waals surface area (Å²) in [6, 6.07) is 7.81. The molecule has 0 aliphatic heterocycles. The summed E-state index contributed by atoms with van der Waals surface area (Å²) in [6.45, 7) is 2.06. The molecule has 0 heterocycles. The Morgan fingerprint density at radius 1 is 1.47 bits per heavy atom. The number of carbonyl (C=O) groups excluding carboxylic acids is 1. The van der Waals surface area contributed by atoms with Crippen molar-refractivity contribution < 1.29 is 4.79 Å². The average molecular weight is 299 g/mol. The van der Waals surface area contributed by atoms with Crippen LogP contribution in [-0.2, 0) is 0 Å². The third kappa shape index (κ3) is 4.04. The quantitative estimate of drug-likeness (QED) is 0.848. The van der Waals surface area contributed by atoms with Gasteiger partial charge in [0.25, 0.3) is 5.91 Å². The molecule has 17 heavy (non-hydrogen) atoms. The van der Waals surface area contributed by atoms with Crippen molar-refractivity contribution in [3.8, 4) is 0 Å². The normalized spacial score (nSPS) is 12.0. The van der Waals surface area contributed by atoms with Crippen LogP contribution in [0.1, 0.15) is 23.7 Å². The third-order valence-corrected chi connectivity index (χ3v) is 3.42. The Hall–Kier alpha value is -1.03. The van der Waals surface area contributed by atoms with E-state index in [2.05, 4.69) is 28.2 Å². The van der Waals surface area contributed by atoms with Crippen LogP contribution >= 0.6 is 15.9 Å². The van der Waals surface area contributed by atoms with Crippen molar-refractivity contribution in [3.63, 3.8) is 0 Å². The lowest BCUT2D eigenvalue weighted by atomic mass is 10.1. The van der Waals surface area contributed by atoms with E-state index >= 15 is 0 Å². The molecule has 1 aromatic carbocycles. The summed E-state index contributed by atoms with van der Waals surface area (Å²) in [6.07, 6.45) is 0.921. The lowest BCUT2D eigenvalue weighted by molar-refractivity contribution is 0.0940. The van der Waals surface area contributed by atoms with Gasteiger partial charge in [0.1, 0.15) is 0 Å². The van der Waals surface area contributed by atoms with Crippen LogP contribution in [0, 0.1) is 0 Å². The van der Waals surface area contributed by atoms with Crippen molar-refractivity contribution in [2.45, 2.75) is 19.4 Å². The van der Waals surface area contributed by atoms with Crippen LogP contribution in [0.25, 0.3) is 0 Å². The van der Waals surface area contributed by atoms with E-state index in [0.717, 1.165) is 17.4 Å². The summed E-state index contributed by atoms with van der Waals surface area (Å²) < 4.78 is 0. The largest absolute Gasteiger partial charge is 0.378 e. The van der Waals surface area contributed by atoms with E-state index in [4.69, 9.17) is 0 Å². The topological polar surface area (TPSA) is 32.3 Å². The van der Waals surface area contributed by atoms with Crippen molar-refractivity contribution in [2.75, 3.05) is 24.3 Å². The Labute approximate surface area is 111 Å². The van der Waals surface area contributed by atoms with E-state index in [1.54, 1.807) is 0 Å². The number of halogens is 1. The Morgan fingerprint density at radius 2 is 2.18 bits per heavy atom. The zero-order valence-corrected chi connectivity index (χ0v) is 12.1. The first-order valence-corrected chi connectivity index (χ1v) is 6.84. The van der Waals surface area contributed by atoms with E-state index in [1.807, 2.05) is 43.3 Å². The second-order valence-corrected chi connectivity index (χ2v) is 4.83. The van der Waals surface area contributed by atoms with Crippen LogP contribution in [0.2, 0.25) is 0 Å². The average Bonchev–Trinajstić information content (AvgIpc) is 2.35. The molecule has 0 fully saturated rings. The van der Waals surface area contributed by atoms with Crippen LogP contribution in [0.15, 0.2) is 24.3 Å². The van der Waals surface area contributed by atoms with Gasteiger partial charge in [-0.3, -0.25) is 4.79 Å². The fourth-order valence-electron chi connectivity index (χ4n) is 1.44. The highest BCUT2D eigenvalue weighted by Crippen LogP contribution is 2.13. The minimum absolute atomic E-state index is 0.0139. The van der Waals surface area contributed by atoms with Gasteiger partial charge in [0, 0.05) is 36.7 Å². The number of nitrogens with one attached hydrogen (secondary N) is 1. The molecular formula is C13H19BrN2O. The van der Waals surface area contributed by atoms with E-state index in [1.165, 1.54) is 0 Å². The summed E-state index contributed by atoms with van der Waals surface area (Å²) in [5, 5.41) is 3.77. The van der Waals surface area contributed by atoms with Gasteiger partial charge in [0.05, 0.1) is 0 Å². The summed E-state index contributed by atoms with van der Waals surface area (Å²) in [7, 11) is 3.93. The predicted octanol–water partition coefficient (Wildman–Crippen LogP) is 2.66. The maximum absolute atomic E-state index is 12.0. The van der Waals surface area contributed by atoms with Gasteiger partial charge < -0.3 is 10.2 Å². The number of nitrogens with zero attached hydrogens (tertiary/aromatic N) is 1. The summed E-state index contributed by atoms with van der Waals surface area (Å²) >= 11 is 3.39. The minimum Gasteiger partial charge on any atom is -0.378 e. The molecule has 0 saturated heterocycles. The maximum Gasteiger partial charge on any atom is 0.251 e. The standard InChI is InChI=1S/C13H19BrN2O/c1-4-11(9-14)15-13(17)10-6-5-7-12(8-10)16(2)3/h5-8,11H,4,9H2,1-3H3,(H,15,17). The van der Waals surface area contributed by atoms with Crippen molar-refractivity contribution in [1.82, 2.24) is 5.32 Å². The molecule has 0 bridgehead atoms. The van der Waals surface area contributed by atoms with Crippen molar-refractivity contribution in [1.29, 1.82) is 0 Å². The molecule has 1 atom stereocenters. The maximum atomic E-state index is 12.0. The first kappa shape index (κ1) is 14.0. The molecule has 1 aromatic rings. The highest BCUT2D eigenvalue weighted by molar-refractivity contribution is 9.09. The van der Waals surface area contributed by atoms with Gasteiger partial charge >= 0.3 is 0 Å². The van der Waals surface area contributed by atoms with E-state index in [0.29, 0.717) is 5.56 Å². The summed E-state index contributed by atoms with van der Waals surface area (Å²) in [5.41, 5.74) is 1.74. The second kappa shape index (κ2) is 6.64. The molecule has 3 nitrogen and oxygen atoms in total. The van der Waals surface area contributed by atoms with E-state index in [9.17, 15) is 4.79 Å². The van der Waals surface area contributed by atoms with Gasteiger partial charge in [-0.25, -0.2) is 0 Å². The number of amides is 1. The second-order valence-electron chi connectivity index (χ2n) is 4.18. The molecule has 0 spiro atoms. The van der Waals surface area contributed by atoms with Crippen molar-refractivity contribution in [2.24, 2.45) is 0 Å². The Kier molecular flexibility index (Phi) is 5.48. The van der Waals surface area contributed by atoms with Crippen LogP contribution in [0.4, 0.5) is 5.69 Å².